The molecule has 1 saturated heterocycles. The zero-order valence-corrected chi connectivity index (χ0v) is 14.2. The number of halogens is 3. The Balaban J connectivity index is 1.85. The molecular formula is C17H22F3N3O2. The molecule has 0 aromatic heterocycles. The Morgan fingerprint density at radius 3 is 2.68 bits per heavy atom. The number of alkyl halides is 3. The third kappa shape index (κ3) is 5.45. The van der Waals surface area contributed by atoms with Gasteiger partial charge in [-0.3, -0.25) is 15.0 Å². The first-order chi connectivity index (χ1) is 11.7. The van der Waals surface area contributed by atoms with Crippen molar-refractivity contribution in [2.24, 2.45) is 5.92 Å². The van der Waals surface area contributed by atoms with E-state index in [0.29, 0.717) is 18.7 Å². The molecule has 1 atom stereocenters. The number of carbonyl (C=O) groups is 2. The van der Waals surface area contributed by atoms with Crippen molar-refractivity contribution in [3.05, 3.63) is 29.3 Å². The number of piperidine rings is 1. The van der Waals surface area contributed by atoms with Crippen LogP contribution in [-0.4, -0.2) is 42.6 Å². The molecule has 0 bridgehead atoms. The number of nitrogens with one attached hydrogen (secondary N) is 2. The van der Waals surface area contributed by atoms with E-state index in [1.54, 1.807) is 12.1 Å². The summed E-state index contributed by atoms with van der Waals surface area (Å²) in [5, 5.41) is 4.75. The van der Waals surface area contributed by atoms with Gasteiger partial charge < -0.3 is 5.32 Å². The predicted molar refractivity (Wildman–Crippen MR) is 88.3 cm³/mol. The molecule has 1 aromatic rings. The molecule has 0 radical (unpaired) electrons. The Hall–Kier alpha value is -2.09. The van der Waals surface area contributed by atoms with Crippen LogP contribution in [0, 0.1) is 19.8 Å². The van der Waals surface area contributed by atoms with E-state index in [1.807, 2.05) is 19.9 Å². The first-order valence-electron chi connectivity index (χ1n) is 8.13. The lowest BCUT2D eigenvalue weighted by atomic mass is 9.97. The van der Waals surface area contributed by atoms with E-state index >= 15 is 0 Å². The van der Waals surface area contributed by atoms with Gasteiger partial charge in [0.05, 0.1) is 12.5 Å². The minimum absolute atomic E-state index is 0.0781. The molecule has 5 nitrogen and oxygen atoms in total. The van der Waals surface area contributed by atoms with Gasteiger partial charge in [-0.2, -0.15) is 13.2 Å². The van der Waals surface area contributed by atoms with Gasteiger partial charge in [0.25, 0.3) is 0 Å². The second-order valence-electron chi connectivity index (χ2n) is 6.37. The Labute approximate surface area is 144 Å². The number of rotatable bonds is 3. The summed E-state index contributed by atoms with van der Waals surface area (Å²) < 4.78 is 38.4. The maximum Gasteiger partial charge on any atom is 0.393 e. The quantitative estimate of drug-likeness (QED) is 0.873. The average molecular weight is 357 g/mol. The second-order valence-corrected chi connectivity index (χ2v) is 6.37. The predicted octanol–water partition coefficient (Wildman–Crippen LogP) is 3.23. The summed E-state index contributed by atoms with van der Waals surface area (Å²) in [6, 6.07) is 4.70. The van der Waals surface area contributed by atoms with Crippen molar-refractivity contribution in [2.75, 3.05) is 25.0 Å². The number of hydrogen-bond donors (Lipinski definition) is 2. The molecule has 1 aliphatic heterocycles. The first-order valence-corrected chi connectivity index (χ1v) is 8.13. The number of urea groups is 1. The van der Waals surface area contributed by atoms with Crippen molar-refractivity contribution < 1.29 is 22.8 Å². The highest BCUT2D eigenvalue weighted by atomic mass is 19.4. The van der Waals surface area contributed by atoms with Crippen LogP contribution in [0.15, 0.2) is 18.2 Å². The van der Waals surface area contributed by atoms with E-state index < -0.39 is 24.0 Å². The fraction of sp³-hybridized carbons (Fsp3) is 0.529. The molecule has 0 aliphatic carbocycles. The molecule has 8 heteroatoms. The van der Waals surface area contributed by atoms with Gasteiger partial charge >= 0.3 is 12.2 Å². The molecule has 1 aliphatic rings. The van der Waals surface area contributed by atoms with Gasteiger partial charge in [-0.15, -0.1) is 0 Å². The molecule has 3 amide bonds. The van der Waals surface area contributed by atoms with Crippen LogP contribution in [-0.2, 0) is 4.79 Å². The van der Waals surface area contributed by atoms with Crippen LogP contribution in [0.3, 0.4) is 0 Å². The number of nitrogens with zero attached hydrogens (tertiary/aromatic N) is 1. The van der Waals surface area contributed by atoms with Crippen molar-refractivity contribution in [2.45, 2.75) is 32.9 Å². The highest BCUT2D eigenvalue weighted by Gasteiger charge is 2.41. The van der Waals surface area contributed by atoms with Gasteiger partial charge in [0, 0.05) is 12.2 Å². The normalized spacial score (nSPS) is 18.7. The maximum absolute atomic E-state index is 12.8. The highest BCUT2D eigenvalue weighted by molar-refractivity contribution is 6.02. The van der Waals surface area contributed by atoms with E-state index in [4.69, 9.17) is 0 Å². The third-order valence-electron chi connectivity index (χ3n) is 4.44. The van der Waals surface area contributed by atoms with Crippen LogP contribution in [0.25, 0.3) is 0 Å². The Kier molecular flexibility index (Phi) is 6.05. The van der Waals surface area contributed by atoms with Crippen molar-refractivity contribution in [1.82, 2.24) is 10.2 Å². The van der Waals surface area contributed by atoms with Crippen LogP contribution >= 0.6 is 0 Å². The molecule has 2 rings (SSSR count). The van der Waals surface area contributed by atoms with E-state index in [2.05, 4.69) is 10.6 Å². The standard InChI is InChI=1S/C17H22F3N3O2/c1-11-5-3-7-14(12(11)2)21-16(25)22-15(24)10-23-8-4-6-13(9-23)17(18,19)20/h3,5,7,13H,4,6,8-10H2,1-2H3,(H2,21,22,24,25)/t13-/m0/s1. The van der Waals surface area contributed by atoms with E-state index in [1.165, 1.54) is 4.90 Å². The fourth-order valence-corrected chi connectivity index (χ4v) is 2.88. The number of amides is 3. The summed E-state index contributed by atoms with van der Waals surface area (Å²) in [6.07, 6.45) is -3.80. The SMILES string of the molecule is Cc1cccc(NC(=O)NC(=O)CN2CCC[C@H](C(F)(F)F)C2)c1C. The fourth-order valence-electron chi connectivity index (χ4n) is 2.88. The van der Waals surface area contributed by atoms with Crippen molar-refractivity contribution >= 4 is 17.6 Å². The zero-order chi connectivity index (χ0) is 18.6. The van der Waals surface area contributed by atoms with Crippen LogP contribution in [0.5, 0.6) is 0 Å². The first kappa shape index (κ1) is 19.2. The summed E-state index contributed by atoms with van der Waals surface area (Å²) in [7, 11) is 0. The molecule has 1 fully saturated rings. The average Bonchev–Trinajstić information content (AvgIpc) is 2.51. The number of anilines is 1. The minimum Gasteiger partial charge on any atom is -0.307 e. The topological polar surface area (TPSA) is 61.4 Å². The van der Waals surface area contributed by atoms with Gasteiger partial charge in [0.1, 0.15) is 0 Å². The Bertz CT molecular complexity index is 647. The third-order valence-corrected chi connectivity index (χ3v) is 4.44. The Morgan fingerprint density at radius 2 is 2.00 bits per heavy atom. The maximum atomic E-state index is 12.8. The molecule has 0 spiro atoms. The smallest absolute Gasteiger partial charge is 0.307 e. The number of carbonyl (C=O) groups excluding carboxylic acids is 2. The van der Waals surface area contributed by atoms with Gasteiger partial charge in [0.2, 0.25) is 5.91 Å². The van der Waals surface area contributed by atoms with Gasteiger partial charge in [-0.25, -0.2) is 4.79 Å². The molecule has 2 N–H and O–H groups in total. The number of likely N-dealkylation sites (tertiary alicyclic amines) is 1. The monoisotopic (exact) mass is 357 g/mol. The van der Waals surface area contributed by atoms with Crippen LogP contribution in [0.2, 0.25) is 0 Å². The molecule has 1 aromatic carbocycles. The van der Waals surface area contributed by atoms with E-state index in [9.17, 15) is 22.8 Å². The Morgan fingerprint density at radius 1 is 1.28 bits per heavy atom. The summed E-state index contributed by atoms with van der Waals surface area (Å²) in [5.41, 5.74) is 2.46. The summed E-state index contributed by atoms with van der Waals surface area (Å²) in [5.74, 6) is -2.04. The number of benzene rings is 1. The second kappa shape index (κ2) is 7.86. The minimum atomic E-state index is -4.25. The van der Waals surface area contributed by atoms with Crippen LogP contribution in [0.4, 0.5) is 23.7 Å². The lowest BCUT2D eigenvalue weighted by Crippen LogP contribution is -2.47. The van der Waals surface area contributed by atoms with Gasteiger partial charge in [-0.05, 0) is 50.4 Å². The van der Waals surface area contributed by atoms with Crippen LogP contribution in [0.1, 0.15) is 24.0 Å². The highest BCUT2D eigenvalue weighted by Crippen LogP contribution is 2.32. The molecule has 0 saturated carbocycles. The molecule has 0 unspecified atom stereocenters. The zero-order valence-electron chi connectivity index (χ0n) is 14.2. The number of imide groups is 1. The summed E-state index contributed by atoms with van der Waals surface area (Å²) >= 11 is 0. The van der Waals surface area contributed by atoms with E-state index in [-0.39, 0.29) is 19.5 Å². The summed E-state index contributed by atoms with van der Waals surface area (Å²) in [4.78, 5) is 25.3. The largest absolute Gasteiger partial charge is 0.393 e. The molecule has 1 heterocycles. The van der Waals surface area contributed by atoms with E-state index in [0.717, 1.165) is 11.1 Å². The lowest BCUT2D eigenvalue weighted by molar-refractivity contribution is -0.187. The summed E-state index contributed by atoms with van der Waals surface area (Å²) in [6.45, 7) is 3.72. The van der Waals surface area contributed by atoms with Gasteiger partial charge in [-0.1, -0.05) is 12.1 Å². The van der Waals surface area contributed by atoms with Crippen LogP contribution < -0.4 is 10.6 Å². The lowest BCUT2D eigenvalue weighted by Gasteiger charge is -2.33. The number of aryl methyl sites for hydroxylation is 1. The van der Waals surface area contributed by atoms with Gasteiger partial charge in [0.15, 0.2) is 0 Å². The number of hydrogen-bond acceptors (Lipinski definition) is 3. The van der Waals surface area contributed by atoms with Crippen molar-refractivity contribution in [1.29, 1.82) is 0 Å². The van der Waals surface area contributed by atoms with Crippen molar-refractivity contribution in [3.63, 3.8) is 0 Å². The molecular weight excluding hydrogens is 335 g/mol. The molecule has 25 heavy (non-hydrogen) atoms. The molecule has 138 valence electrons. The van der Waals surface area contributed by atoms with Crippen molar-refractivity contribution in [3.8, 4) is 0 Å².